The Bertz CT molecular complexity index is 743. The highest BCUT2D eigenvalue weighted by atomic mass is 35.5. The Morgan fingerprint density at radius 2 is 2.32 bits per heavy atom. The van der Waals surface area contributed by atoms with Gasteiger partial charge in [-0.05, 0) is 25.0 Å². The van der Waals surface area contributed by atoms with Gasteiger partial charge in [-0.15, -0.1) is 0 Å². The van der Waals surface area contributed by atoms with Gasteiger partial charge in [0.1, 0.15) is 5.69 Å². The van der Waals surface area contributed by atoms with Gasteiger partial charge in [0.15, 0.2) is 5.82 Å². The van der Waals surface area contributed by atoms with E-state index in [4.69, 9.17) is 17.3 Å². The second kappa shape index (κ2) is 5.61. The largest absolute Gasteiger partial charge is 0.396 e. The summed E-state index contributed by atoms with van der Waals surface area (Å²) in [4.78, 5) is 15.9. The zero-order valence-electron chi connectivity index (χ0n) is 12.1. The van der Waals surface area contributed by atoms with E-state index >= 15 is 0 Å². The lowest BCUT2D eigenvalue weighted by atomic mass is 9.89. The first-order valence-electron chi connectivity index (χ1n) is 7.02. The third-order valence-electron chi connectivity index (χ3n) is 4.10. The fourth-order valence-electron chi connectivity index (χ4n) is 2.97. The van der Waals surface area contributed by atoms with Crippen LogP contribution in [-0.2, 0) is 13.0 Å². The van der Waals surface area contributed by atoms with Crippen LogP contribution < -0.4 is 11.1 Å². The van der Waals surface area contributed by atoms with E-state index in [0.29, 0.717) is 35.7 Å². The molecule has 1 aliphatic heterocycles. The Morgan fingerprint density at radius 1 is 1.55 bits per heavy atom. The number of benzene rings is 1. The van der Waals surface area contributed by atoms with Crippen LogP contribution in [0.3, 0.4) is 0 Å². The van der Waals surface area contributed by atoms with Gasteiger partial charge in [0, 0.05) is 30.1 Å². The van der Waals surface area contributed by atoms with Crippen LogP contribution in [0.15, 0.2) is 18.5 Å². The molecule has 1 unspecified atom stereocenters. The lowest BCUT2D eigenvalue weighted by Gasteiger charge is -2.26. The van der Waals surface area contributed by atoms with Gasteiger partial charge in [0.2, 0.25) is 0 Å². The lowest BCUT2D eigenvalue weighted by Crippen LogP contribution is -2.24. The third-order valence-corrected chi connectivity index (χ3v) is 4.43. The van der Waals surface area contributed by atoms with Gasteiger partial charge in [0.05, 0.1) is 17.7 Å². The maximum atomic E-state index is 14.3. The number of anilines is 1. The number of amides is 1. The average molecular weight is 323 g/mol. The van der Waals surface area contributed by atoms with Crippen molar-refractivity contribution in [3.8, 4) is 0 Å². The van der Waals surface area contributed by atoms with Crippen LogP contribution in [0, 0.1) is 5.82 Å². The smallest absolute Gasteiger partial charge is 0.271 e. The second-order valence-electron chi connectivity index (χ2n) is 5.37. The molecule has 0 bridgehead atoms. The number of imidazole rings is 1. The Balaban J connectivity index is 1.95. The zero-order chi connectivity index (χ0) is 15.9. The van der Waals surface area contributed by atoms with Crippen molar-refractivity contribution in [3.05, 3.63) is 46.3 Å². The molecule has 0 saturated carbocycles. The Kier molecular flexibility index (Phi) is 3.78. The van der Waals surface area contributed by atoms with E-state index in [1.165, 1.54) is 6.07 Å². The van der Waals surface area contributed by atoms with Gasteiger partial charge >= 0.3 is 0 Å². The number of carbonyl (C=O) groups excluding carboxylic acids is 1. The highest BCUT2D eigenvalue weighted by Crippen LogP contribution is 2.37. The number of hydrogen-bond acceptors (Lipinski definition) is 3. The Morgan fingerprint density at radius 3 is 3.05 bits per heavy atom. The first-order chi connectivity index (χ1) is 10.5. The first-order valence-corrected chi connectivity index (χ1v) is 7.40. The van der Waals surface area contributed by atoms with Crippen molar-refractivity contribution in [3.63, 3.8) is 0 Å². The monoisotopic (exact) mass is 322 g/mol. The first kappa shape index (κ1) is 14.8. The molecule has 2 aromatic rings. The van der Waals surface area contributed by atoms with E-state index in [1.807, 2.05) is 4.57 Å². The van der Waals surface area contributed by atoms with E-state index in [2.05, 4.69) is 10.3 Å². The molecule has 1 aromatic carbocycles. The van der Waals surface area contributed by atoms with Crippen LogP contribution >= 0.6 is 11.6 Å². The minimum atomic E-state index is -0.451. The maximum Gasteiger partial charge on any atom is 0.271 e. The standard InChI is InChI=1S/C15H16ClFN4O/c1-19-15(22)14-11-5-2-8(6-21(11)7-20-14)12-9(16)3-4-10(18)13(12)17/h3-4,7-8H,2,5-6,18H2,1H3,(H,19,22). The van der Waals surface area contributed by atoms with Crippen molar-refractivity contribution in [2.24, 2.45) is 0 Å². The van der Waals surface area contributed by atoms with Crippen LogP contribution in [0.25, 0.3) is 0 Å². The van der Waals surface area contributed by atoms with Crippen LogP contribution in [-0.4, -0.2) is 22.5 Å². The number of nitrogen functional groups attached to an aromatic ring is 1. The molecule has 0 saturated heterocycles. The quantitative estimate of drug-likeness (QED) is 0.834. The van der Waals surface area contributed by atoms with Gasteiger partial charge in [-0.3, -0.25) is 4.79 Å². The molecule has 5 nitrogen and oxygen atoms in total. The van der Waals surface area contributed by atoms with Crippen molar-refractivity contribution in [2.75, 3.05) is 12.8 Å². The van der Waals surface area contributed by atoms with E-state index in [0.717, 1.165) is 5.69 Å². The molecule has 2 heterocycles. The lowest BCUT2D eigenvalue weighted by molar-refractivity contribution is 0.0957. The van der Waals surface area contributed by atoms with E-state index in [-0.39, 0.29) is 17.5 Å². The number of nitrogens with zero attached hydrogens (tertiary/aromatic N) is 2. The van der Waals surface area contributed by atoms with Crippen LogP contribution in [0.1, 0.15) is 34.1 Å². The molecule has 22 heavy (non-hydrogen) atoms. The Hall–Kier alpha value is -2.08. The summed E-state index contributed by atoms with van der Waals surface area (Å²) >= 11 is 6.16. The molecule has 1 amide bonds. The highest BCUT2D eigenvalue weighted by molar-refractivity contribution is 6.31. The number of halogens is 2. The molecule has 0 spiro atoms. The summed E-state index contributed by atoms with van der Waals surface area (Å²) in [5.74, 6) is -0.747. The molecule has 0 aliphatic carbocycles. The predicted octanol–water partition coefficient (Wildman–Crippen LogP) is 2.35. The van der Waals surface area contributed by atoms with Crippen molar-refractivity contribution in [2.45, 2.75) is 25.3 Å². The van der Waals surface area contributed by atoms with Gasteiger partial charge < -0.3 is 15.6 Å². The number of nitrogens with two attached hydrogens (primary N) is 1. The van der Waals surface area contributed by atoms with E-state index < -0.39 is 5.82 Å². The minimum Gasteiger partial charge on any atom is -0.396 e. The summed E-state index contributed by atoms with van der Waals surface area (Å²) in [7, 11) is 1.57. The molecule has 0 fully saturated rings. The van der Waals surface area contributed by atoms with E-state index in [9.17, 15) is 9.18 Å². The summed E-state index contributed by atoms with van der Waals surface area (Å²) in [5, 5.41) is 2.95. The third kappa shape index (κ3) is 2.33. The molecule has 1 aromatic heterocycles. The van der Waals surface area contributed by atoms with Gasteiger partial charge in [-0.2, -0.15) is 0 Å². The van der Waals surface area contributed by atoms with Crippen LogP contribution in [0.4, 0.5) is 10.1 Å². The molecule has 116 valence electrons. The van der Waals surface area contributed by atoms with Gasteiger partial charge in [-0.1, -0.05) is 11.6 Å². The number of hydrogen-bond donors (Lipinski definition) is 2. The normalized spacial score (nSPS) is 17.1. The average Bonchev–Trinajstić information content (AvgIpc) is 2.94. The molecule has 1 atom stereocenters. The number of aromatic nitrogens is 2. The molecule has 1 aliphatic rings. The van der Waals surface area contributed by atoms with Crippen molar-refractivity contribution >= 4 is 23.2 Å². The number of fused-ring (bicyclic) bond motifs is 1. The molecule has 3 N–H and O–H groups in total. The van der Waals surface area contributed by atoms with Crippen molar-refractivity contribution < 1.29 is 9.18 Å². The second-order valence-corrected chi connectivity index (χ2v) is 5.78. The summed E-state index contributed by atoms with van der Waals surface area (Å²) < 4.78 is 16.2. The minimum absolute atomic E-state index is 0.0877. The molecule has 3 rings (SSSR count). The summed E-state index contributed by atoms with van der Waals surface area (Å²) in [6, 6.07) is 3.09. The van der Waals surface area contributed by atoms with Crippen LogP contribution in [0.5, 0.6) is 0 Å². The summed E-state index contributed by atoms with van der Waals surface area (Å²) in [5.41, 5.74) is 7.49. The van der Waals surface area contributed by atoms with E-state index in [1.54, 1.807) is 19.4 Å². The SMILES string of the molecule is CNC(=O)c1ncn2c1CCC(c1c(Cl)ccc(N)c1F)C2. The molecule has 0 radical (unpaired) electrons. The van der Waals surface area contributed by atoms with Crippen molar-refractivity contribution in [1.29, 1.82) is 0 Å². The number of rotatable bonds is 2. The summed E-state index contributed by atoms with van der Waals surface area (Å²) in [6.45, 7) is 0.527. The molecular formula is C15H16ClFN4O. The predicted molar refractivity (Wildman–Crippen MR) is 82.5 cm³/mol. The molecular weight excluding hydrogens is 307 g/mol. The summed E-state index contributed by atoms with van der Waals surface area (Å²) in [6.07, 6.45) is 2.94. The number of carbonyl (C=O) groups is 1. The van der Waals surface area contributed by atoms with Gasteiger partial charge in [0.25, 0.3) is 5.91 Å². The van der Waals surface area contributed by atoms with Crippen LogP contribution in [0.2, 0.25) is 5.02 Å². The fraction of sp³-hybridized carbons (Fsp3) is 0.333. The Labute approximate surface area is 132 Å². The maximum absolute atomic E-state index is 14.3. The topological polar surface area (TPSA) is 72.9 Å². The van der Waals surface area contributed by atoms with Crippen molar-refractivity contribution in [1.82, 2.24) is 14.9 Å². The number of nitrogens with one attached hydrogen (secondary N) is 1. The molecule has 7 heteroatoms. The fourth-order valence-corrected chi connectivity index (χ4v) is 3.27. The van der Waals surface area contributed by atoms with Gasteiger partial charge in [-0.25, -0.2) is 9.37 Å². The zero-order valence-corrected chi connectivity index (χ0v) is 12.8. The highest BCUT2D eigenvalue weighted by Gasteiger charge is 2.28.